The number of sulfone groups is 1. The van der Waals surface area contributed by atoms with Gasteiger partial charge < -0.3 is 4.90 Å². The Morgan fingerprint density at radius 2 is 1.93 bits per heavy atom. The molecular weight excluding hydrogens is 362 g/mol. The summed E-state index contributed by atoms with van der Waals surface area (Å²) in [5.41, 5.74) is 3.38. The summed E-state index contributed by atoms with van der Waals surface area (Å²) in [4.78, 5) is 21.9. The van der Waals surface area contributed by atoms with Crippen LogP contribution in [0.2, 0.25) is 0 Å². The summed E-state index contributed by atoms with van der Waals surface area (Å²) in [7, 11) is -1.18. The zero-order valence-electron chi connectivity index (χ0n) is 16.0. The van der Waals surface area contributed by atoms with Crippen LogP contribution >= 0.6 is 0 Å². The summed E-state index contributed by atoms with van der Waals surface area (Å²) in [6.45, 7) is 5.20. The molecule has 0 saturated carbocycles. The molecule has 2 fully saturated rings. The first kappa shape index (κ1) is 18.4. The topological polar surface area (TPSA) is 70.6 Å². The fraction of sp³-hybridized carbons (Fsp3) is 0.500. The molecule has 7 heteroatoms. The number of benzene rings is 1. The molecule has 4 rings (SSSR count). The van der Waals surface area contributed by atoms with Gasteiger partial charge in [-0.1, -0.05) is 13.0 Å². The van der Waals surface area contributed by atoms with Crippen molar-refractivity contribution < 1.29 is 13.2 Å². The number of nitrogens with zero attached hydrogens (tertiary/aromatic N) is 3. The van der Waals surface area contributed by atoms with E-state index in [-0.39, 0.29) is 29.5 Å². The Balaban J connectivity index is 1.78. The molecule has 144 valence electrons. The molecule has 2 aliphatic heterocycles. The number of amides is 1. The number of likely N-dealkylation sites (N-methyl/N-ethyl adjacent to an activating group) is 1. The minimum atomic E-state index is -3.12. The van der Waals surface area contributed by atoms with E-state index in [1.165, 1.54) is 0 Å². The summed E-state index contributed by atoms with van der Waals surface area (Å²) < 4.78 is 24.4. The van der Waals surface area contributed by atoms with Gasteiger partial charge in [-0.3, -0.25) is 14.7 Å². The number of hydrogen-bond acceptors (Lipinski definition) is 5. The van der Waals surface area contributed by atoms with Gasteiger partial charge in [-0.2, -0.15) is 0 Å². The molecule has 6 nitrogen and oxygen atoms in total. The van der Waals surface area contributed by atoms with Crippen molar-refractivity contribution in [3.63, 3.8) is 0 Å². The van der Waals surface area contributed by atoms with E-state index in [0.29, 0.717) is 18.7 Å². The van der Waals surface area contributed by atoms with Gasteiger partial charge in [0.2, 0.25) is 0 Å². The number of fused-ring (bicyclic) bond motifs is 2. The highest BCUT2D eigenvalue weighted by molar-refractivity contribution is 7.91. The predicted molar refractivity (Wildman–Crippen MR) is 106 cm³/mol. The zero-order valence-corrected chi connectivity index (χ0v) is 16.8. The van der Waals surface area contributed by atoms with Crippen LogP contribution in [-0.4, -0.2) is 72.8 Å². The van der Waals surface area contributed by atoms with Gasteiger partial charge >= 0.3 is 0 Å². The Labute approximate surface area is 160 Å². The highest BCUT2D eigenvalue weighted by Gasteiger charge is 2.47. The van der Waals surface area contributed by atoms with Crippen molar-refractivity contribution in [2.75, 3.05) is 31.6 Å². The molecule has 0 radical (unpaired) electrons. The van der Waals surface area contributed by atoms with Crippen molar-refractivity contribution in [3.05, 3.63) is 41.1 Å². The number of pyridine rings is 1. The van der Waals surface area contributed by atoms with Gasteiger partial charge in [0.05, 0.1) is 28.6 Å². The van der Waals surface area contributed by atoms with E-state index in [2.05, 4.69) is 16.8 Å². The molecule has 0 unspecified atom stereocenters. The quantitative estimate of drug-likeness (QED) is 0.784. The molecule has 2 saturated heterocycles. The molecule has 2 atom stereocenters. The number of piperazine rings is 1. The van der Waals surface area contributed by atoms with Crippen LogP contribution in [0.3, 0.4) is 0 Å². The smallest absolute Gasteiger partial charge is 0.254 e. The van der Waals surface area contributed by atoms with Gasteiger partial charge in [-0.05, 0) is 44.2 Å². The van der Waals surface area contributed by atoms with Gasteiger partial charge in [0.1, 0.15) is 0 Å². The Morgan fingerprint density at radius 3 is 2.67 bits per heavy atom. The van der Waals surface area contributed by atoms with Crippen LogP contribution < -0.4 is 0 Å². The normalized spacial score (nSPS) is 24.9. The highest BCUT2D eigenvalue weighted by atomic mass is 32.2. The van der Waals surface area contributed by atoms with Crippen LogP contribution in [0.5, 0.6) is 0 Å². The molecule has 0 aliphatic carbocycles. The summed E-state index contributed by atoms with van der Waals surface area (Å²) in [6, 6.07) is 7.48. The van der Waals surface area contributed by atoms with Gasteiger partial charge in [0.15, 0.2) is 9.84 Å². The predicted octanol–water partition coefficient (Wildman–Crippen LogP) is 1.66. The summed E-state index contributed by atoms with van der Waals surface area (Å²) in [5.74, 6) is 0.100. The molecular formula is C20H25N3O3S. The lowest BCUT2D eigenvalue weighted by atomic mass is 10.00. The Bertz CT molecular complexity index is 1020. The van der Waals surface area contributed by atoms with Crippen LogP contribution in [0, 0.1) is 6.92 Å². The van der Waals surface area contributed by atoms with Gasteiger partial charge in [0.25, 0.3) is 5.91 Å². The third-order valence-corrected chi connectivity index (χ3v) is 7.55. The van der Waals surface area contributed by atoms with Crippen molar-refractivity contribution >= 4 is 26.6 Å². The van der Waals surface area contributed by atoms with E-state index in [1.54, 1.807) is 4.90 Å². The second-order valence-electron chi connectivity index (χ2n) is 7.71. The lowest BCUT2D eigenvalue weighted by molar-refractivity contribution is 0.0411. The van der Waals surface area contributed by atoms with E-state index in [1.807, 2.05) is 38.2 Å². The maximum atomic E-state index is 13.5. The molecule has 0 spiro atoms. The van der Waals surface area contributed by atoms with E-state index < -0.39 is 9.84 Å². The fourth-order valence-electron chi connectivity index (χ4n) is 4.34. The molecule has 3 heterocycles. The average Bonchev–Trinajstić information content (AvgIpc) is 2.96. The first-order chi connectivity index (χ1) is 12.8. The van der Waals surface area contributed by atoms with E-state index in [0.717, 1.165) is 28.6 Å². The van der Waals surface area contributed by atoms with Crippen molar-refractivity contribution in [2.45, 2.75) is 32.4 Å². The number of rotatable bonds is 2. The third-order valence-electron chi connectivity index (χ3n) is 5.85. The maximum absolute atomic E-state index is 13.5. The second kappa shape index (κ2) is 6.56. The van der Waals surface area contributed by atoms with Gasteiger partial charge in [-0.25, -0.2) is 8.42 Å². The first-order valence-corrected chi connectivity index (χ1v) is 11.2. The molecule has 1 amide bonds. The molecule has 1 aromatic heterocycles. The molecule has 27 heavy (non-hydrogen) atoms. The van der Waals surface area contributed by atoms with Crippen molar-refractivity contribution in [3.8, 4) is 0 Å². The SMILES string of the molecule is CCc1ccc2nc(C)cc(C(=O)N3CCN(C)[C@@H]4CS(=O)(=O)C[C@@H]43)c2c1. The van der Waals surface area contributed by atoms with E-state index >= 15 is 0 Å². The molecule has 0 bridgehead atoms. The van der Waals surface area contributed by atoms with Crippen LogP contribution in [0.25, 0.3) is 10.9 Å². The number of aromatic nitrogens is 1. The van der Waals surface area contributed by atoms with Crippen molar-refractivity contribution in [1.29, 1.82) is 0 Å². The Hall–Kier alpha value is -1.99. The van der Waals surface area contributed by atoms with E-state index in [9.17, 15) is 13.2 Å². The monoisotopic (exact) mass is 387 g/mol. The Morgan fingerprint density at radius 1 is 1.19 bits per heavy atom. The molecule has 2 aliphatic rings. The number of aryl methyl sites for hydroxylation is 2. The van der Waals surface area contributed by atoms with Crippen LogP contribution in [-0.2, 0) is 16.3 Å². The van der Waals surface area contributed by atoms with Gasteiger partial charge in [0, 0.05) is 30.2 Å². The highest BCUT2D eigenvalue weighted by Crippen LogP contribution is 2.29. The fourth-order valence-corrected chi connectivity index (χ4v) is 6.39. The van der Waals surface area contributed by atoms with Crippen LogP contribution in [0.1, 0.15) is 28.5 Å². The van der Waals surface area contributed by atoms with Crippen LogP contribution in [0.4, 0.5) is 0 Å². The molecule has 1 aromatic carbocycles. The zero-order chi connectivity index (χ0) is 19.3. The molecule has 0 N–H and O–H groups in total. The standard InChI is InChI=1S/C20H25N3O3S/c1-4-14-5-6-17-15(10-14)16(9-13(2)21-17)20(24)23-8-7-22(3)18-11-27(25,26)12-19(18)23/h5-6,9-10,18-19H,4,7-8,11-12H2,1-3H3/t18-,19+/m1/s1. The van der Waals surface area contributed by atoms with Crippen molar-refractivity contribution in [1.82, 2.24) is 14.8 Å². The first-order valence-electron chi connectivity index (χ1n) is 9.41. The summed E-state index contributed by atoms with van der Waals surface area (Å²) in [5, 5.41) is 0.848. The average molecular weight is 388 g/mol. The van der Waals surface area contributed by atoms with Crippen LogP contribution in [0.15, 0.2) is 24.3 Å². The summed E-state index contributed by atoms with van der Waals surface area (Å²) >= 11 is 0. The lowest BCUT2D eigenvalue weighted by Crippen LogP contribution is -2.59. The Kier molecular flexibility index (Phi) is 4.47. The number of hydrogen-bond donors (Lipinski definition) is 0. The second-order valence-corrected chi connectivity index (χ2v) is 9.86. The minimum Gasteiger partial charge on any atom is -0.332 e. The third kappa shape index (κ3) is 3.23. The largest absolute Gasteiger partial charge is 0.332 e. The maximum Gasteiger partial charge on any atom is 0.254 e. The lowest BCUT2D eigenvalue weighted by Gasteiger charge is -2.42. The van der Waals surface area contributed by atoms with Crippen molar-refractivity contribution in [2.24, 2.45) is 0 Å². The number of carbonyl (C=O) groups excluding carboxylic acids is 1. The van der Waals surface area contributed by atoms with Gasteiger partial charge in [-0.15, -0.1) is 0 Å². The number of carbonyl (C=O) groups is 1. The molecule has 2 aromatic rings. The summed E-state index contributed by atoms with van der Waals surface area (Å²) in [6.07, 6.45) is 0.884. The minimum absolute atomic E-state index is 0.0515. The van der Waals surface area contributed by atoms with E-state index in [4.69, 9.17) is 0 Å².